The summed E-state index contributed by atoms with van der Waals surface area (Å²) in [4.78, 5) is 2.07. The highest BCUT2D eigenvalue weighted by atomic mass is 19.1. The smallest absolute Gasteiger partial charge is 0.139 e. The SMILES string of the molecule is OCC[C@]12COC(c3ccc(F)cc3)N1[C@H](c1ccc(F)cc1)OC2. The van der Waals surface area contributed by atoms with Gasteiger partial charge in [-0.3, -0.25) is 0 Å². The highest BCUT2D eigenvalue weighted by molar-refractivity contribution is 5.25. The summed E-state index contributed by atoms with van der Waals surface area (Å²) in [6, 6.07) is 12.3. The number of hydrogen-bond acceptors (Lipinski definition) is 4. The zero-order chi connectivity index (χ0) is 17.4. The molecule has 0 aromatic heterocycles. The first-order chi connectivity index (χ1) is 12.1. The van der Waals surface area contributed by atoms with Crippen LogP contribution in [0.25, 0.3) is 0 Å². The van der Waals surface area contributed by atoms with Crippen LogP contribution in [0.15, 0.2) is 48.5 Å². The van der Waals surface area contributed by atoms with Crippen molar-refractivity contribution in [1.29, 1.82) is 0 Å². The van der Waals surface area contributed by atoms with E-state index in [1.807, 2.05) is 0 Å². The third-order valence-electron chi connectivity index (χ3n) is 4.96. The molecule has 25 heavy (non-hydrogen) atoms. The predicted octanol–water partition coefficient (Wildman–Crippen LogP) is 3.15. The van der Waals surface area contributed by atoms with E-state index in [-0.39, 0.29) is 18.2 Å². The van der Waals surface area contributed by atoms with Crippen LogP contribution < -0.4 is 0 Å². The van der Waals surface area contributed by atoms with Crippen molar-refractivity contribution in [2.24, 2.45) is 0 Å². The van der Waals surface area contributed by atoms with Gasteiger partial charge in [0.15, 0.2) is 0 Å². The Kier molecular flexibility index (Phi) is 4.29. The second-order valence-electron chi connectivity index (χ2n) is 6.54. The third kappa shape index (κ3) is 2.85. The van der Waals surface area contributed by atoms with E-state index >= 15 is 0 Å². The summed E-state index contributed by atoms with van der Waals surface area (Å²) in [6.07, 6.45) is -0.322. The monoisotopic (exact) mass is 347 g/mol. The molecule has 2 aromatic carbocycles. The summed E-state index contributed by atoms with van der Waals surface area (Å²) < 4.78 is 38.6. The van der Waals surface area contributed by atoms with Crippen LogP contribution in [0, 0.1) is 11.6 Å². The van der Waals surface area contributed by atoms with Gasteiger partial charge in [-0.1, -0.05) is 24.3 Å². The van der Waals surface area contributed by atoms with E-state index in [4.69, 9.17) is 9.47 Å². The highest BCUT2D eigenvalue weighted by Gasteiger charge is 2.56. The van der Waals surface area contributed by atoms with Crippen LogP contribution in [-0.4, -0.2) is 35.4 Å². The third-order valence-corrected chi connectivity index (χ3v) is 4.96. The van der Waals surface area contributed by atoms with Gasteiger partial charge in [-0.2, -0.15) is 0 Å². The molecule has 2 aliphatic rings. The highest BCUT2D eigenvalue weighted by Crippen LogP contribution is 2.50. The van der Waals surface area contributed by atoms with Gasteiger partial charge in [0.05, 0.1) is 18.8 Å². The number of aliphatic hydroxyl groups is 1. The maximum Gasteiger partial charge on any atom is 0.139 e. The zero-order valence-electron chi connectivity index (χ0n) is 13.6. The molecule has 0 amide bonds. The number of aliphatic hydroxyl groups excluding tert-OH is 1. The first kappa shape index (κ1) is 16.6. The largest absolute Gasteiger partial charge is 0.396 e. The molecule has 2 aromatic rings. The molecule has 0 bridgehead atoms. The Morgan fingerprint density at radius 1 is 0.880 bits per heavy atom. The molecule has 4 rings (SSSR count). The lowest BCUT2D eigenvalue weighted by Crippen LogP contribution is -2.45. The number of fused-ring (bicyclic) bond motifs is 1. The number of benzene rings is 2. The van der Waals surface area contributed by atoms with Crippen LogP contribution in [-0.2, 0) is 9.47 Å². The topological polar surface area (TPSA) is 41.9 Å². The Balaban J connectivity index is 1.72. The van der Waals surface area contributed by atoms with Crippen molar-refractivity contribution < 1.29 is 23.4 Å². The summed E-state index contributed by atoms with van der Waals surface area (Å²) in [5, 5.41) is 9.52. The van der Waals surface area contributed by atoms with E-state index < -0.39 is 18.0 Å². The number of halogens is 2. The molecule has 2 fully saturated rings. The normalized spacial score (nSPS) is 29.1. The Morgan fingerprint density at radius 3 is 1.72 bits per heavy atom. The van der Waals surface area contributed by atoms with Crippen molar-refractivity contribution >= 4 is 0 Å². The second-order valence-corrected chi connectivity index (χ2v) is 6.54. The average molecular weight is 347 g/mol. The fourth-order valence-corrected chi connectivity index (χ4v) is 3.69. The zero-order valence-corrected chi connectivity index (χ0v) is 13.6. The van der Waals surface area contributed by atoms with Gasteiger partial charge in [-0.15, -0.1) is 0 Å². The molecule has 1 N–H and O–H groups in total. The quantitative estimate of drug-likeness (QED) is 0.923. The van der Waals surface area contributed by atoms with Crippen molar-refractivity contribution in [1.82, 2.24) is 4.90 Å². The van der Waals surface area contributed by atoms with Crippen molar-refractivity contribution in [2.75, 3.05) is 19.8 Å². The maximum absolute atomic E-state index is 13.3. The molecule has 4 nitrogen and oxygen atoms in total. The standard InChI is InChI=1S/C19H19F2NO3/c20-15-5-1-13(2-6-15)17-22-18(14-3-7-16(21)8-4-14)25-12-19(22,9-10-23)11-24-17/h1-8,17-18,23H,9-12H2/t17-,18?,19-/m0/s1. The second kappa shape index (κ2) is 6.46. The van der Waals surface area contributed by atoms with Crippen LogP contribution in [0.4, 0.5) is 8.78 Å². The van der Waals surface area contributed by atoms with E-state index in [0.717, 1.165) is 11.1 Å². The van der Waals surface area contributed by atoms with E-state index in [0.29, 0.717) is 19.6 Å². The molecule has 2 saturated heterocycles. The molecule has 3 atom stereocenters. The Morgan fingerprint density at radius 2 is 1.32 bits per heavy atom. The fraction of sp³-hybridized carbons (Fsp3) is 0.368. The lowest BCUT2D eigenvalue weighted by Gasteiger charge is -2.34. The molecule has 2 aliphatic heterocycles. The lowest BCUT2D eigenvalue weighted by atomic mass is 9.96. The molecule has 2 heterocycles. The lowest BCUT2D eigenvalue weighted by molar-refractivity contribution is -0.0623. The minimum absolute atomic E-state index is 0.00942. The molecule has 6 heteroatoms. The molecular formula is C19H19F2NO3. The van der Waals surface area contributed by atoms with Crippen LogP contribution in [0.2, 0.25) is 0 Å². The van der Waals surface area contributed by atoms with Crippen LogP contribution in [0.3, 0.4) is 0 Å². The molecule has 1 unspecified atom stereocenters. The van der Waals surface area contributed by atoms with Gasteiger partial charge in [0.1, 0.15) is 24.1 Å². The Labute approximate surface area is 144 Å². The number of hydrogen-bond donors (Lipinski definition) is 1. The molecule has 0 radical (unpaired) electrons. The van der Waals surface area contributed by atoms with E-state index in [2.05, 4.69) is 4.90 Å². The summed E-state index contributed by atoms with van der Waals surface area (Å²) in [7, 11) is 0. The molecule has 0 saturated carbocycles. The van der Waals surface area contributed by atoms with Gasteiger partial charge < -0.3 is 14.6 Å². The van der Waals surface area contributed by atoms with Gasteiger partial charge in [0.2, 0.25) is 0 Å². The van der Waals surface area contributed by atoms with Crippen molar-refractivity contribution in [3.63, 3.8) is 0 Å². The van der Waals surface area contributed by atoms with Gasteiger partial charge >= 0.3 is 0 Å². The minimum Gasteiger partial charge on any atom is -0.396 e. The summed E-state index contributed by atoms with van der Waals surface area (Å²) in [5.41, 5.74) is 1.19. The minimum atomic E-state index is -0.452. The van der Waals surface area contributed by atoms with Crippen LogP contribution >= 0.6 is 0 Å². The van der Waals surface area contributed by atoms with Crippen LogP contribution in [0.1, 0.15) is 30.0 Å². The van der Waals surface area contributed by atoms with Crippen molar-refractivity contribution in [2.45, 2.75) is 24.4 Å². The summed E-state index contributed by atoms with van der Waals surface area (Å²) in [6.45, 7) is 0.829. The van der Waals surface area contributed by atoms with Crippen molar-refractivity contribution in [3.05, 3.63) is 71.3 Å². The van der Waals surface area contributed by atoms with Crippen molar-refractivity contribution in [3.8, 4) is 0 Å². The molecule has 0 spiro atoms. The first-order valence-electron chi connectivity index (χ1n) is 8.26. The van der Waals surface area contributed by atoms with E-state index in [9.17, 15) is 13.9 Å². The average Bonchev–Trinajstić information content (AvgIpc) is 3.14. The van der Waals surface area contributed by atoms with E-state index in [1.54, 1.807) is 24.3 Å². The molecular weight excluding hydrogens is 328 g/mol. The summed E-state index contributed by atoms with van der Waals surface area (Å²) in [5.74, 6) is -0.618. The first-order valence-corrected chi connectivity index (χ1v) is 8.26. The molecule has 132 valence electrons. The van der Waals surface area contributed by atoms with Crippen LogP contribution in [0.5, 0.6) is 0 Å². The number of ether oxygens (including phenoxy) is 2. The fourth-order valence-electron chi connectivity index (χ4n) is 3.69. The van der Waals surface area contributed by atoms with Gasteiger partial charge in [0.25, 0.3) is 0 Å². The molecule has 0 aliphatic carbocycles. The Hall–Kier alpha value is -1.86. The predicted molar refractivity (Wildman–Crippen MR) is 86.5 cm³/mol. The number of nitrogens with zero attached hydrogens (tertiary/aromatic N) is 1. The van der Waals surface area contributed by atoms with Gasteiger partial charge in [-0.25, -0.2) is 13.7 Å². The Bertz CT molecular complexity index is 678. The van der Waals surface area contributed by atoms with Gasteiger partial charge in [-0.05, 0) is 41.8 Å². The number of rotatable bonds is 4. The van der Waals surface area contributed by atoms with Gasteiger partial charge in [0, 0.05) is 6.61 Å². The maximum atomic E-state index is 13.3. The summed E-state index contributed by atoms with van der Waals surface area (Å²) >= 11 is 0. The van der Waals surface area contributed by atoms with E-state index in [1.165, 1.54) is 24.3 Å².